The van der Waals surface area contributed by atoms with Crippen molar-refractivity contribution in [2.24, 2.45) is 0 Å². The molecule has 0 saturated carbocycles. The normalized spacial score (nSPS) is 11.9. The van der Waals surface area contributed by atoms with Gasteiger partial charge in [0.25, 0.3) is 0 Å². The molecule has 0 fully saturated rings. The minimum Gasteiger partial charge on any atom is -0.507 e. The summed E-state index contributed by atoms with van der Waals surface area (Å²) >= 11 is 0. The van der Waals surface area contributed by atoms with Gasteiger partial charge in [0.2, 0.25) is 0 Å². The van der Waals surface area contributed by atoms with E-state index in [0.29, 0.717) is 5.75 Å². The molecule has 0 heterocycles. The molecule has 0 aliphatic carbocycles. The summed E-state index contributed by atoms with van der Waals surface area (Å²) in [5.74, 6) is 0.418. The summed E-state index contributed by atoms with van der Waals surface area (Å²) in [7, 11) is 4.12. The summed E-state index contributed by atoms with van der Waals surface area (Å²) in [5.41, 5.74) is 4.35. The van der Waals surface area contributed by atoms with Gasteiger partial charge < -0.3 is 10.0 Å². The van der Waals surface area contributed by atoms with Gasteiger partial charge >= 0.3 is 0 Å². The van der Waals surface area contributed by atoms with Crippen molar-refractivity contribution < 1.29 is 5.11 Å². The zero-order chi connectivity index (χ0) is 16.3. The molecule has 2 aromatic rings. The fourth-order valence-electron chi connectivity index (χ4n) is 2.50. The topological polar surface area (TPSA) is 23.5 Å². The summed E-state index contributed by atoms with van der Waals surface area (Å²) in [6, 6.07) is 14.4. The van der Waals surface area contributed by atoms with Crippen molar-refractivity contribution in [1.29, 1.82) is 0 Å². The Morgan fingerprint density at radius 1 is 1.00 bits per heavy atom. The van der Waals surface area contributed by atoms with Gasteiger partial charge in [0.15, 0.2) is 0 Å². The molecular formula is C20H27NO. The molecule has 0 aliphatic rings. The molecule has 118 valence electrons. The summed E-state index contributed by atoms with van der Waals surface area (Å²) in [5, 5.41) is 10.7. The monoisotopic (exact) mass is 297 g/mol. The highest BCUT2D eigenvalue weighted by molar-refractivity contribution is 5.73. The van der Waals surface area contributed by atoms with Crippen LogP contribution in [0.2, 0.25) is 0 Å². The maximum Gasteiger partial charge on any atom is 0.126 e. The zero-order valence-corrected chi connectivity index (χ0v) is 14.4. The maximum atomic E-state index is 10.7. The summed E-state index contributed by atoms with van der Waals surface area (Å²) < 4.78 is 0. The average Bonchev–Trinajstić information content (AvgIpc) is 2.45. The van der Waals surface area contributed by atoms with Gasteiger partial charge in [-0.1, -0.05) is 57.2 Å². The Morgan fingerprint density at radius 2 is 1.64 bits per heavy atom. The van der Waals surface area contributed by atoms with E-state index in [1.807, 2.05) is 18.2 Å². The van der Waals surface area contributed by atoms with Crippen molar-refractivity contribution in [3.05, 3.63) is 53.6 Å². The second-order valence-electron chi connectivity index (χ2n) is 7.20. The first-order chi connectivity index (χ1) is 10.3. The number of nitrogens with zero attached hydrogens (tertiary/aromatic N) is 1. The zero-order valence-electron chi connectivity index (χ0n) is 14.4. The van der Waals surface area contributed by atoms with E-state index in [1.165, 1.54) is 5.56 Å². The molecule has 0 unspecified atom stereocenters. The van der Waals surface area contributed by atoms with E-state index in [0.717, 1.165) is 29.7 Å². The molecule has 0 aliphatic heterocycles. The minimum atomic E-state index is 0.0596. The number of rotatable bonds is 4. The van der Waals surface area contributed by atoms with Gasteiger partial charge in [-0.3, -0.25) is 0 Å². The molecule has 2 heteroatoms. The molecule has 2 nitrogen and oxygen atoms in total. The first kappa shape index (κ1) is 16.6. The van der Waals surface area contributed by atoms with Gasteiger partial charge in [-0.15, -0.1) is 0 Å². The lowest BCUT2D eigenvalue weighted by Gasteiger charge is -2.23. The van der Waals surface area contributed by atoms with Crippen LogP contribution in [0.4, 0.5) is 0 Å². The molecule has 1 N–H and O–H groups in total. The van der Waals surface area contributed by atoms with Crippen LogP contribution in [0.3, 0.4) is 0 Å². The van der Waals surface area contributed by atoms with Crippen molar-refractivity contribution in [2.45, 2.75) is 32.6 Å². The van der Waals surface area contributed by atoms with Gasteiger partial charge in [-0.2, -0.15) is 0 Å². The number of benzene rings is 2. The van der Waals surface area contributed by atoms with Gasteiger partial charge in [0, 0.05) is 12.1 Å². The first-order valence-electron chi connectivity index (χ1n) is 7.85. The van der Waals surface area contributed by atoms with E-state index < -0.39 is 0 Å². The Hall–Kier alpha value is -1.80. The third-order valence-electron chi connectivity index (χ3n) is 3.97. The summed E-state index contributed by atoms with van der Waals surface area (Å²) in [6.45, 7) is 7.56. The highest BCUT2D eigenvalue weighted by Crippen LogP contribution is 2.37. The van der Waals surface area contributed by atoms with Crippen LogP contribution in [0.15, 0.2) is 42.5 Å². The van der Waals surface area contributed by atoms with E-state index in [-0.39, 0.29) is 5.41 Å². The quantitative estimate of drug-likeness (QED) is 0.900. The lowest BCUT2D eigenvalue weighted by Crippen LogP contribution is -2.16. The fraction of sp³-hybridized carbons (Fsp3) is 0.400. The molecule has 0 bridgehead atoms. The molecular weight excluding hydrogens is 270 g/mol. The Kier molecular flexibility index (Phi) is 4.92. The smallest absolute Gasteiger partial charge is 0.126 e. The molecule has 0 amide bonds. The number of phenolic OH excluding ortho intramolecular Hbond substituents is 1. The third-order valence-corrected chi connectivity index (χ3v) is 3.97. The van der Waals surface area contributed by atoms with E-state index >= 15 is 0 Å². The fourth-order valence-corrected chi connectivity index (χ4v) is 2.50. The van der Waals surface area contributed by atoms with Gasteiger partial charge in [-0.25, -0.2) is 0 Å². The Balaban J connectivity index is 2.54. The highest BCUT2D eigenvalue weighted by atomic mass is 16.3. The van der Waals surface area contributed by atoms with Crippen molar-refractivity contribution in [3.63, 3.8) is 0 Å². The second-order valence-corrected chi connectivity index (χ2v) is 7.20. The van der Waals surface area contributed by atoms with Crippen molar-refractivity contribution in [3.8, 4) is 16.9 Å². The highest BCUT2D eigenvalue weighted by Gasteiger charge is 2.19. The van der Waals surface area contributed by atoms with E-state index in [4.69, 9.17) is 0 Å². The van der Waals surface area contributed by atoms with E-state index in [9.17, 15) is 5.11 Å². The Morgan fingerprint density at radius 3 is 2.18 bits per heavy atom. The lowest BCUT2D eigenvalue weighted by atomic mass is 9.83. The van der Waals surface area contributed by atoms with Crippen LogP contribution in [-0.4, -0.2) is 30.6 Å². The number of aromatic hydroxyl groups is 1. The second kappa shape index (κ2) is 6.53. The van der Waals surface area contributed by atoms with E-state index in [1.54, 1.807) is 0 Å². The Bertz CT molecular complexity index is 624. The number of hydrogen-bond acceptors (Lipinski definition) is 2. The average molecular weight is 297 g/mol. The molecule has 0 aromatic heterocycles. The molecule has 0 radical (unpaired) electrons. The van der Waals surface area contributed by atoms with Gasteiger partial charge in [-0.05, 0) is 48.7 Å². The lowest BCUT2D eigenvalue weighted by molar-refractivity contribution is 0.406. The van der Waals surface area contributed by atoms with Crippen molar-refractivity contribution >= 4 is 0 Å². The molecule has 2 aromatic carbocycles. The molecule has 22 heavy (non-hydrogen) atoms. The molecule has 2 rings (SSSR count). The predicted octanol–water partition coefficient (Wildman–Crippen LogP) is 4.46. The van der Waals surface area contributed by atoms with Crippen LogP contribution in [0.25, 0.3) is 11.1 Å². The van der Waals surface area contributed by atoms with Crippen molar-refractivity contribution in [2.75, 3.05) is 20.6 Å². The summed E-state index contributed by atoms with van der Waals surface area (Å²) in [4.78, 5) is 2.14. The van der Waals surface area contributed by atoms with Crippen LogP contribution in [0.5, 0.6) is 5.75 Å². The maximum absolute atomic E-state index is 10.7. The van der Waals surface area contributed by atoms with Crippen LogP contribution in [-0.2, 0) is 11.8 Å². The molecule has 0 spiro atoms. The van der Waals surface area contributed by atoms with Gasteiger partial charge in [0.1, 0.15) is 5.75 Å². The largest absolute Gasteiger partial charge is 0.507 e. The van der Waals surface area contributed by atoms with Crippen LogP contribution in [0.1, 0.15) is 31.9 Å². The molecule has 0 atom stereocenters. The number of likely N-dealkylation sites (N-methyl/N-ethyl adjacent to an activating group) is 1. The summed E-state index contributed by atoms with van der Waals surface area (Å²) in [6.07, 6.45) is 0.850. The van der Waals surface area contributed by atoms with Crippen LogP contribution < -0.4 is 0 Å². The number of hydrogen-bond donors (Lipinski definition) is 1. The van der Waals surface area contributed by atoms with Crippen LogP contribution in [0, 0.1) is 0 Å². The van der Waals surface area contributed by atoms with Gasteiger partial charge in [0.05, 0.1) is 0 Å². The standard InChI is InChI=1S/C20H27NO/c1-20(2,3)17-13-16(11-12-21(4)5)19(22)18(14-17)15-9-7-6-8-10-15/h6-10,13-14,22H,11-12H2,1-5H3. The first-order valence-corrected chi connectivity index (χ1v) is 7.85. The number of phenols is 1. The third kappa shape index (κ3) is 3.89. The Labute approximate surface area is 134 Å². The SMILES string of the molecule is CN(C)CCc1cc(C(C)(C)C)cc(-c2ccccc2)c1O. The van der Waals surface area contributed by atoms with E-state index in [2.05, 4.69) is 64.0 Å². The molecule has 0 saturated heterocycles. The van der Waals surface area contributed by atoms with Crippen molar-refractivity contribution in [1.82, 2.24) is 4.90 Å². The van der Waals surface area contributed by atoms with Crippen LogP contribution >= 0.6 is 0 Å². The predicted molar refractivity (Wildman–Crippen MR) is 94.5 cm³/mol. The minimum absolute atomic E-state index is 0.0596.